The van der Waals surface area contributed by atoms with Crippen molar-refractivity contribution in [2.45, 2.75) is 0 Å². The van der Waals surface area contributed by atoms with Crippen LogP contribution in [0.25, 0.3) is 5.57 Å². The lowest BCUT2D eigenvalue weighted by Gasteiger charge is -2.32. The van der Waals surface area contributed by atoms with Crippen LogP contribution in [-0.2, 0) is 9.47 Å². The SMILES string of the molecule is S=C(C(=CN1CCOCC1)c1cccnc1)N1CCOCC1. The van der Waals surface area contributed by atoms with Gasteiger partial charge in [-0.25, -0.2) is 0 Å². The van der Waals surface area contributed by atoms with Gasteiger partial charge in [0.05, 0.1) is 26.4 Å². The number of nitrogens with zero attached hydrogens (tertiary/aromatic N) is 3. The maximum Gasteiger partial charge on any atom is 0.111 e. The molecule has 0 spiro atoms. The van der Waals surface area contributed by atoms with Crippen LogP contribution in [0.1, 0.15) is 5.56 Å². The number of thiocarbonyl (C=S) groups is 1. The lowest BCUT2D eigenvalue weighted by molar-refractivity contribution is 0.0595. The van der Waals surface area contributed by atoms with Crippen LogP contribution in [0.3, 0.4) is 0 Å². The third-order valence-electron chi connectivity index (χ3n) is 3.86. The van der Waals surface area contributed by atoms with Crippen LogP contribution in [0.2, 0.25) is 0 Å². The van der Waals surface area contributed by atoms with Gasteiger partial charge in [0.15, 0.2) is 0 Å². The highest BCUT2D eigenvalue weighted by molar-refractivity contribution is 7.81. The van der Waals surface area contributed by atoms with E-state index in [9.17, 15) is 0 Å². The van der Waals surface area contributed by atoms with Gasteiger partial charge in [-0.2, -0.15) is 0 Å². The van der Waals surface area contributed by atoms with Crippen LogP contribution in [-0.4, -0.2) is 72.4 Å². The van der Waals surface area contributed by atoms with Crippen molar-refractivity contribution >= 4 is 22.8 Å². The number of pyridine rings is 1. The van der Waals surface area contributed by atoms with Crippen molar-refractivity contribution in [2.75, 3.05) is 52.6 Å². The summed E-state index contributed by atoms with van der Waals surface area (Å²) in [5, 5.41) is 0. The predicted molar refractivity (Wildman–Crippen MR) is 89.6 cm³/mol. The van der Waals surface area contributed by atoms with Crippen LogP contribution >= 0.6 is 12.2 Å². The van der Waals surface area contributed by atoms with Crippen LogP contribution in [0.5, 0.6) is 0 Å². The van der Waals surface area contributed by atoms with Gasteiger partial charge >= 0.3 is 0 Å². The van der Waals surface area contributed by atoms with Gasteiger partial charge < -0.3 is 19.3 Å². The Morgan fingerprint density at radius 2 is 1.77 bits per heavy atom. The summed E-state index contributed by atoms with van der Waals surface area (Å²) < 4.78 is 10.8. The lowest BCUT2D eigenvalue weighted by atomic mass is 10.1. The third kappa shape index (κ3) is 3.82. The van der Waals surface area contributed by atoms with E-state index in [0.29, 0.717) is 0 Å². The van der Waals surface area contributed by atoms with E-state index in [2.05, 4.69) is 27.1 Å². The molecule has 0 aliphatic carbocycles. The van der Waals surface area contributed by atoms with E-state index in [1.165, 1.54) is 0 Å². The molecule has 0 unspecified atom stereocenters. The molecular formula is C16H21N3O2S. The first-order chi connectivity index (χ1) is 10.8. The Labute approximate surface area is 136 Å². The molecule has 118 valence electrons. The van der Waals surface area contributed by atoms with E-state index in [4.69, 9.17) is 21.7 Å². The van der Waals surface area contributed by atoms with Gasteiger partial charge in [-0.3, -0.25) is 4.98 Å². The fraction of sp³-hybridized carbons (Fsp3) is 0.500. The van der Waals surface area contributed by atoms with Gasteiger partial charge in [0.2, 0.25) is 0 Å². The van der Waals surface area contributed by atoms with E-state index in [0.717, 1.165) is 68.7 Å². The van der Waals surface area contributed by atoms with Gasteiger partial charge in [-0.1, -0.05) is 18.3 Å². The predicted octanol–water partition coefficient (Wildman–Crippen LogP) is 1.41. The highest BCUT2D eigenvalue weighted by Gasteiger charge is 2.20. The zero-order valence-corrected chi connectivity index (χ0v) is 13.4. The van der Waals surface area contributed by atoms with Crippen molar-refractivity contribution in [3.05, 3.63) is 36.3 Å². The minimum absolute atomic E-state index is 0.734. The first kappa shape index (κ1) is 15.4. The molecule has 0 bridgehead atoms. The molecule has 0 N–H and O–H groups in total. The van der Waals surface area contributed by atoms with E-state index in [1.54, 1.807) is 6.20 Å². The molecule has 0 radical (unpaired) electrons. The first-order valence-electron chi connectivity index (χ1n) is 7.65. The molecule has 5 nitrogen and oxygen atoms in total. The Balaban J connectivity index is 1.85. The van der Waals surface area contributed by atoms with E-state index >= 15 is 0 Å². The van der Waals surface area contributed by atoms with Crippen molar-refractivity contribution in [2.24, 2.45) is 0 Å². The molecule has 2 saturated heterocycles. The number of hydrogen-bond donors (Lipinski definition) is 0. The van der Waals surface area contributed by atoms with E-state index in [1.807, 2.05) is 12.3 Å². The fourth-order valence-corrected chi connectivity index (χ4v) is 2.95. The molecule has 2 aliphatic heterocycles. The monoisotopic (exact) mass is 319 g/mol. The lowest BCUT2D eigenvalue weighted by Crippen LogP contribution is -2.41. The highest BCUT2D eigenvalue weighted by atomic mass is 32.1. The molecule has 0 saturated carbocycles. The summed E-state index contributed by atoms with van der Waals surface area (Å²) in [7, 11) is 0. The number of morpholine rings is 2. The molecule has 0 atom stereocenters. The Morgan fingerprint density at radius 3 is 2.41 bits per heavy atom. The van der Waals surface area contributed by atoms with Crippen molar-refractivity contribution in [3.63, 3.8) is 0 Å². The fourth-order valence-electron chi connectivity index (χ4n) is 2.60. The Kier molecular flexibility index (Phi) is 5.37. The van der Waals surface area contributed by atoms with Crippen molar-refractivity contribution < 1.29 is 9.47 Å². The second-order valence-electron chi connectivity index (χ2n) is 5.34. The summed E-state index contributed by atoms with van der Waals surface area (Å²) >= 11 is 5.76. The van der Waals surface area contributed by atoms with Gasteiger partial charge in [0, 0.05) is 55.9 Å². The van der Waals surface area contributed by atoms with Crippen LogP contribution in [0.4, 0.5) is 0 Å². The average molecular weight is 319 g/mol. The van der Waals surface area contributed by atoms with Crippen LogP contribution in [0.15, 0.2) is 30.7 Å². The Bertz CT molecular complexity index is 523. The molecular weight excluding hydrogens is 298 g/mol. The smallest absolute Gasteiger partial charge is 0.111 e. The molecule has 6 heteroatoms. The summed E-state index contributed by atoms with van der Waals surface area (Å²) in [5.41, 5.74) is 2.12. The minimum atomic E-state index is 0.734. The van der Waals surface area contributed by atoms with Gasteiger partial charge in [0.1, 0.15) is 4.99 Å². The highest BCUT2D eigenvalue weighted by Crippen LogP contribution is 2.20. The van der Waals surface area contributed by atoms with E-state index < -0.39 is 0 Å². The van der Waals surface area contributed by atoms with Gasteiger partial charge in [-0.05, 0) is 6.07 Å². The standard InChI is InChI=1S/C16H21N3O2S/c22-16(19-6-10-21-11-7-19)15(14-2-1-3-17-12-14)13-18-4-8-20-9-5-18/h1-3,12-13H,4-11H2. The zero-order chi connectivity index (χ0) is 15.2. The number of aromatic nitrogens is 1. The molecule has 3 heterocycles. The van der Waals surface area contributed by atoms with Crippen molar-refractivity contribution in [1.82, 2.24) is 14.8 Å². The molecule has 3 rings (SSSR count). The topological polar surface area (TPSA) is 37.8 Å². The largest absolute Gasteiger partial charge is 0.378 e. The molecule has 1 aromatic rings. The molecule has 2 aliphatic rings. The summed E-state index contributed by atoms with van der Waals surface area (Å²) in [5.74, 6) is 0. The number of hydrogen-bond acceptors (Lipinski definition) is 5. The first-order valence-corrected chi connectivity index (χ1v) is 8.06. The molecule has 22 heavy (non-hydrogen) atoms. The summed E-state index contributed by atoms with van der Waals surface area (Å²) in [6.07, 6.45) is 5.82. The van der Waals surface area contributed by atoms with Gasteiger partial charge in [-0.15, -0.1) is 0 Å². The van der Waals surface area contributed by atoms with Crippen LogP contribution in [0, 0.1) is 0 Å². The number of ether oxygens (including phenoxy) is 2. The van der Waals surface area contributed by atoms with Gasteiger partial charge in [0.25, 0.3) is 0 Å². The minimum Gasteiger partial charge on any atom is -0.378 e. The molecule has 1 aromatic heterocycles. The maximum atomic E-state index is 5.76. The Morgan fingerprint density at radius 1 is 1.09 bits per heavy atom. The molecule has 0 amide bonds. The third-order valence-corrected chi connectivity index (χ3v) is 4.34. The summed E-state index contributed by atoms with van der Waals surface area (Å²) in [6, 6.07) is 4.01. The second kappa shape index (κ2) is 7.67. The zero-order valence-electron chi connectivity index (χ0n) is 12.6. The molecule has 0 aromatic carbocycles. The van der Waals surface area contributed by atoms with Crippen molar-refractivity contribution in [3.8, 4) is 0 Å². The van der Waals surface area contributed by atoms with E-state index in [-0.39, 0.29) is 0 Å². The second-order valence-corrected chi connectivity index (χ2v) is 5.72. The Hall–Kier alpha value is -1.50. The maximum absolute atomic E-state index is 5.76. The summed E-state index contributed by atoms with van der Waals surface area (Å²) in [4.78, 5) is 9.61. The number of rotatable bonds is 3. The summed E-state index contributed by atoms with van der Waals surface area (Å²) in [6.45, 7) is 6.49. The average Bonchev–Trinajstić information content (AvgIpc) is 2.61. The van der Waals surface area contributed by atoms with Crippen LogP contribution < -0.4 is 0 Å². The van der Waals surface area contributed by atoms with Crippen molar-refractivity contribution in [1.29, 1.82) is 0 Å². The quantitative estimate of drug-likeness (QED) is 0.620. The normalized spacial score (nSPS) is 20.1. The molecule has 2 fully saturated rings.